The van der Waals surface area contributed by atoms with Crippen LogP contribution in [0.5, 0.6) is 0 Å². The third-order valence-electron chi connectivity index (χ3n) is 8.24. The number of hydrogen-bond acceptors (Lipinski definition) is 8. The minimum atomic E-state index is -1.09. The van der Waals surface area contributed by atoms with E-state index in [-0.39, 0.29) is 36.5 Å². The van der Waals surface area contributed by atoms with Gasteiger partial charge >= 0.3 is 11.9 Å². The zero-order chi connectivity index (χ0) is 25.5. The highest BCUT2D eigenvalue weighted by atomic mass is 17.3. The van der Waals surface area contributed by atoms with Gasteiger partial charge in [-0.25, -0.2) is 14.6 Å². The fourth-order valence-electron chi connectivity index (χ4n) is 6.37. The first-order chi connectivity index (χ1) is 16.4. The van der Waals surface area contributed by atoms with E-state index < -0.39 is 47.9 Å². The summed E-state index contributed by atoms with van der Waals surface area (Å²) in [6, 6.07) is -0.982. The maximum Gasteiger partial charge on any atom is 0.326 e. The number of hydrogen-bond donors (Lipinski definition) is 2. The highest BCUT2D eigenvalue weighted by molar-refractivity contribution is 5.85. The molecule has 4 heterocycles. The monoisotopic (exact) mass is 497 g/mol. The largest absolute Gasteiger partial charge is 0.480 e. The van der Waals surface area contributed by atoms with E-state index in [1.807, 2.05) is 27.7 Å². The Morgan fingerprint density at radius 3 is 2.51 bits per heavy atom. The quantitative estimate of drug-likeness (QED) is 0.384. The number of carbonyl (C=O) groups excluding carboxylic acids is 2. The normalized spacial score (nSPS) is 41.0. The number of nitrogens with one attached hydrogen (secondary N) is 1. The number of carbonyl (C=O) groups is 3. The van der Waals surface area contributed by atoms with Gasteiger partial charge in [0.1, 0.15) is 6.04 Å². The SMILES string of the molecule is CC(C)CC(NC(=O)CCC(=O)OC1OC2OC3(C)CCC4C(C)CCC(C1C)C24OO3)C(=O)O. The first-order valence-electron chi connectivity index (χ1n) is 12.9. The topological polar surface area (TPSA) is 130 Å². The van der Waals surface area contributed by atoms with E-state index in [0.717, 1.165) is 19.3 Å². The molecule has 1 aliphatic carbocycles. The van der Waals surface area contributed by atoms with Crippen molar-refractivity contribution in [1.82, 2.24) is 5.32 Å². The van der Waals surface area contributed by atoms with Crippen molar-refractivity contribution in [3.05, 3.63) is 0 Å². The highest BCUT2D eigenvalue weighted by Crippen LogP contribution is 2.60. The van der Waals surface area contributed by atoms with Gasteiger partial charge in [-0.1, -0.05) is 27.7 Å². The van der Waals surface area contributed by atoms with Gasteiger partial charge < -0.3 is 24.6 Å². The van der Waals surface area contributed by atoms with Crippen molar-refractivity contribution in [1.29, 1.82) is 0 Å². The van der Waals surface area contributed by atoms with Gasteiger partial charge in [0.15, 0.2) is 11.9 Å². The average Bonchev–Trinajstić information content (AvgIpc) is 3.01. The molecule has 1 saturated carbocycles. The van der Waals surface area contributed by atoms with Crippen LogP contribution in [0.3, 0.4) is 0 Å². The van der Waals surface area contributed by atoms with Crippen LogP contribution in [0.1, 0.15) is 79.6 Å². The van der Waals surface area contributed by atoms with Crippen LogP contribution in [-0.2, 0) is 38.4 Å². The molecule has 0 aromatic carbocycles. The van der Waals surface area contributed by atoms with E-state index in [1.165, 1.54) is 0 Å². The summed E-state index contributed by atoms with van der Waals surface area (Å²) >= 11 is 0. The van der Waals surface area contributed by atoms with Crippen molar-refractivity contribution in [2.24, 2.45) is 29.6 Å². The lowest BCUT2D eigenvalue weighted by molar-refractivity contribution is -0.576. The van der Waals surface area contributed by atoms with E-state index in [1.54, 1.807) is 0 Å². The Balaban J connectivity index is 1.38. The summed E-state index contributed by atoms with van der Waals surface area (Å²) in [5.74, 6) is -2.46. The molecule has 5 fully saturated rings. The lowest BCUT2D eigenvalue weighted by Crippen LogP contribution is -2.70. The summed E-state index contributed by atoms with van der Waals surface area (Å²) in [6.07, 6.45) is 1.95. The van der Waals surface area contributed by atoms with Crippen molar-refractivity contribution in [2.75, 3.05) is 0 Å². The van der Waals surface area contributed by atoms with Crippen LogP contribution in [0.2, 0.25) is 0 Å². The summed E-state index contributed by atoms with van der Waals surface area (Å²) in [5, 5.41) is 11.8. The maximum atomic E-state index is 12.6. The molecule has 0 aromatic heterocycles. The molecule has 1 spiro atoms. The Labute approximate surface area is 206 Å². The molecule has 10 heteroatoms. The second kappa shape index (κ2) is 9.95. The number of carboxylic acid groups (broad SMARTS) is 1. The number of rotatable bonds is 8. The number of amides is 1. The van der Waals surface area contributed by atoms with Gasteiger partial charge in [0.05, 0.1) is 6.42 Å². The molecule has 5 rings (SSSR count). The van der Waals surface area contributed by atoms with Crippen LogP contribution in [0.15, 0.2) is 0 Å². The molecule has 9 atom stereocenters. The van der Waals surface area contributed by atoms with Crippen molar-refractivity contribution >= 4 is 17.8 Å². The summed E-state index contributed by atoms with van der Waals surface area (Å²) in [5.41, 5.74) is -0.738. The molecule has 2 N–H and O–H groups in total. The predicted octanol–water partition coefficient (Wildman–Crippen LogP) is 3.13. The van der Waals surface area contributed by atoms with Gasteiger partial charge in [0, 0.05) is 24.7 Å². The van der Waals surface area contributed by atoms with E-state index in [9.17, 15) is 19.5 Å². The number of aliphatic carboxylic acids is 1. The Morgan fingerprint density at radius 1 is 1.09 bits per heavy atom. The molecule has 4 saturated heterocycles. The predicted molar refractivity (Wildman–Crippen MR) is 121 cm³/mol. The van der Waals surface area contributed by atoms with E-state index in [0.29, 0.717) is 18.8 Å². The zero-order valence-corrected chi connectivity index (χ0v) is 21.3. The van der Waals surface area contributed by atoms with Crippen molar-refractivity contribution in [3.63, 3.8) is 0 Å². The van der Waals surface area contributed by atoms with Gasteiger partial charge in [-0.05, 0) is 50.4 Å². The molecule has 4 aliphatic heterocycles. The molecular formula is C25H39NO9. The molecule has 2 bridgehead atoms. The molecule has 1 amide bonds. The molecule has 9 unspecified atom stereocenters. The first-order valence-corrected chi connectivity index (χ1v) is 12.9. The maximum absolute atomic E-state index is 12.6. The van der Waals surface area contributed by atoms with E-state index in [2.05, 4.69) is 12.2 Å². The highest BCUT2D eigenvalue weighted by Gasteiger charge is 2.69. The lowest BCUT2D eigenvalue weighted by atomic mass is 9.58. The minimum absolute atomic E-state index is 0.0264. The van der Waals surface area contributed by atoms with Crippen LogP contribution in [0.25, 0.3) is 0 Å². The van der Waals surface area contributed by atoms with E-state index >= 15 is 0 Å². The summed E-state index contributed by atoms with van der Waals surface area (Å²) < 4.78 is 18.2. The molecule has 198 valence electrons. The Morgan fingerprint density at radius 2 is 1.83 bits per heavy atom. The summed E-state index contributed by atoms with van der Waals surface area (Å²) in [7, 11) is 0. The van der Waals surface area contributed by atoms with Crippen molar-refractivity contribution in [2.45, 2.75) is 110 Å². The Hall–Kier alpha value is -1.75. The van der Waals surface area contributed by atoms with Crippen molar-refractivity contribution < 1.29 is 43.5 Å². The second-order valence-corrected chi connectivity index (χ2v) is 11.4. The molecule has 35 heavy (non-hydrogen) atoms. The van der Waals surface area contributed by atoms with Crippen LogP contribution < -0.4 is 5.32 Å². The number of fused-ring (bicyclic) bond motifs is 2. The van der Waals surface area contributed by atoms with Crippen LogP contribution in [0.4, 0.5) is 0 Å². The first kappa shape index (κ1) is 26.3. The summed E-state index contributed by atoms with van der Waals surface area (Å²) in [4.78, 5) is 48.1. The van der Waals surface area contributed by atoms with Gasteiger partial charge in [-0.15, -0.1) is 0 Å². The van der Waals surface area contributed by atoms with Crippen molar-refractivity contribution in [3.8, 4) is 0 Å². The number of carboxylic acids is 1. The minimum Gasteiger partial charge on any atom is -0.480 e. The average molecular weight is 498 g/mol. The Bertz CT molecular complexity index is 834. The van der Waals surface area contributed by atoms with Gasteiger partial charge in [-0.2, -0.15) is 0 Å². The lowest BCUT2D eigenvalue weighted by Gasteiger charge is -2.59. The second-order valence-electron chi connectivity index (χ2n) is 11.4. The van der Waals surface area contributed by atoms with Crippen LogP contribution in [-0.4, -0.2) is 53.0 Å². The fraction of sp³-hybridized carbons (Fsp3) is 0.880. The smallest absolute Gasteiger partial charge is 0.326 e. The third-order valence-corrected chi connectivity index (χ3v) is 8.24. The Kier molecular flexibility index (Phi) is 7.48. The van der Waals surface area contributed by atoms with Gasteiger partial charge in [0.25, 0.3) is 0 Å². The van der Waals surface area contributed by atoms with Crippen LogP contribution in [0, 0.1) is 29.6 Å². The number of ether oxygens (including phenoxy) is 3. The molecule has 10 nitrogen and oxygen atoms in total. The molecule has 0 radical (unpaired) electrons. The molecular weight excluding hydrogens is 458 g/mol. The summed E-state index contributed by atoms with van der Waals surface area (Å²) in [6.45, 7) is 9.81. The molecule has 5 aliphatic rings. The third kappa shape index (κ3) is 5.08. The van der Waals surface area contributed by atoms with Gasteiger partial charge in [-0.3, -0.25) is 9.59 Å². The van der Waals surface area contributed by atoms with E-state index in [4.69, 9.17) is 24.0 Å². The number of esters is 1. The fourth-order valence-corrected chi connectivity index (χ4v) is 6.37. The zero-order valence-electron chi connectivity index (χ0n) is 21.3. The molecule has 0 aromatic rings. The standard InChI is InChI=1S/C25H39NO9/c1-13(2)12-18(21(29)30)26-19(27)8-9-20(28)31-22-15(4)17-7-6-14(3)16-10-11-24(5)33-23(32-22)25(16,17)35-34-24/h13-18,22-23H,6-12H2,1-5H3,(H,26,27)(H,29,30). The van der Waals surface area contributed by atoms with Gasteiger partial charge in [0.2, 0.25) is 18.0 Å². The van der Waals surface area contributed by atoms with Crippen LogP contribution >= 0.6 is 0 Å².